The van der Waals surface area contributed by atoms with Crippen molar-refractivity contribution >= 4 is 16.9 Å². The topological polar surface area (TPSA) is 42.7 Å². The molecule has 0 saturated heterocycles. The summed E-state index contributed by atoms with van der Waals surface area (Å²) < 4.78 is 10.9. The highest BCUT2D eigenvalue weighted by Gasteiger charge is 2.22. The number of para-hydroxylation sites is 1. The van der Waals surface area contributed by atoms with Gasteiger partial charge < -0.3 is 14.1 Å². The van der Waals surface area contributed by atoms with Gasteiger partial charge in [-0.3, -0.25) is 4.79 Å². The monoisotopic (exact) mass is 315 g/mol. The molecular formula is C19H25NO3. The number of benzene rings is 1. The summed E-state index contributed by atoms with van der Waals surface area (Å²) in [5.74, 6) is 1.49. The lowest BCUT2D eigenvalue weighted by Crippen LogP contribution is -2.37. The fourth-order valence-electron chi connectivity index (χ4n) is 3.45. The third kappa shape index (κ3) is 4.14. The van der Waals surface area contributed by atoms with E-state index in [-0.39, 0.29) is 12.5 Å². The van der Waals surface area contributed by atoms with Gasteiger partial charge in [-0.2, -0.15) is 0 Å². The number of hydrogen-bond donors (Lipinski definition) is 0. The Morgan fingerprint density at radius 2 is 2.04 bits per heavy atom. The molecule has 0 radical (unpaired) electrons. The van der Waals surface area contributed by atoms with Crippen LogP contribution in [0.15, 0.2) is 34.7 Å². The van der Waals surface area contributed by atoms with Crippen molar-refractivity contribution < 1.29 is 13.9 Å². The summed E-state index contributed by atoms with van der Waals surface area (Å²) in [7, 11) is 1.57. The van der Waals surface area contributed by atoms with Crippen LogP contribution in [0.3, 0.4) is 0 Å². The van der Waals surface area contributed by atoms with Crippen molar-refractivity contribution in [1.82, 2.24) is 4.90 Å². The molecule has 1 aromatic heterocycles. The van der Waals surface area contributed by atoms with Crippen LogP contribution in [0.25, 0.3) is 11.0 Å². The molecule has 2 aromatic rings. The van der Waals surface area contributed by atoms with E-state index in [0.717, 1.165) is 23.3 Å². The van der Waals surface area contributed by atoms with Gasteiger partial charge in [0.25, 0.3) is 0 Å². The van der Waals surface area contributed by atoms with E-state index in [9.17, 15) is 4.79 Å². The first kappa shape index (κ1) is 16.1. The maximum atomic E-state index is 12.4. The van der Waals surface area contributed by atoms with Crippen molar-refractivity contribution in [3.05, 3.63) is 36.1 Å². The lowest BCUT2D eigenvalue weighted by molar-refractivity contribution is -0.136. The van der Waals surface area contributed by atoms with Gasteiger partial charge in [0, 0.05) is 19.0 Å². The average molecular weight is 315 g/mol. The summed E-state index contributed by atoms with van der Waals surface area (Å²) in [4.78, 5) is 14.3. The van der Waals surface area contributed by atoms with E-state index in [1.54, 1.807) is 7.11 Å². The molecular weight excluding hydrogens is 290 g/mol. The second-order valence-corrected chi connectivity index (χ2v) is 6.46. The number of hydrogen-bond acceptors (Lipinski definition) is 3. The fraction of sp³-hybridized carbons (Fsp3) is 0.526. The SMILES string of the molecule is COCC(=O)N(Cc1cc2ccccc2o1)CC1CCCCC1. The van der Waals surface area contributed by atoms with E-state index >= 15 is 0 Å². The molecule has 0 unspecified atom stereocenters. The van der Waals surface area contributed by atoms with Crippen LogP contribution >= 0.6 is 0 Å². The molecule has 124 valence electrons. The quantitative estimate of drug-likeness (QED) is 0.809. The summed E-state index contributed by atoms with van der Waals surface area (Å²) in [5.41, 5.74) is 0.874. The van der Waals surface area contributed by atoms with Crippen molar-refractivity contribution in [3.8, 4) is 0 Å². The van der Waals surface area contributed by atoms with Gasteiger partial charge in [0.05, 0.1) is 6.54 Å². The first-order chi connectivity index (χ1) is 11.3. The number of nitrogens with zero attached hydrogens (tertiary/aromatic N) is 1. The molecule has 0 atom stereocenters. The Kier molecular flexibility index (Phi) is 5.34. The molecule has 1 fully saturated rings. The number of amides is 1. The predicted molar refractivity (Wildman–Crippen MR) is 90.1 cm³/mol. The normalized spacial score (nSPS) is 15.9. The van der Waals surface area contributed by atoms with Crippen LogP contribution in [0.1, 0.15) is 37.9 Å². The van der Waals surface area contributed by atoms with Crippen molar-refractivity contribution in [2.45, 2.75) is 38.6 Å². The summed E-state index contributed by atoms with van der Waals surface area (Å²) in [6.07, 6.45) is 6.32. The molecule has 4 nitrogen and oxygen atoms in total. The third-order valence-corrected chi connectivity index (χ3v) is 4.65. The molecule has 0 spiro atoms. The van der Waals surface area contributed by atoms with Gasteiger partial charge in [-0.1, -0.05) is 37.5 Å². The van der Waals surface area contributed by atoms with Crippen molar-refractivity contribution in [2.24, 2.45) is 5.92 Å². The van der Waals surface area contributed by atoms with Crippen LogP contribution in [0.2, 0.25) is 0 Å². The Bertz CT molecular complexity index is 610. The Hall–Kier alpha value is -1.81. The highest BCUT2D eigenvalue weighted by Crippen LogP contribution is 2.26. The first-order valence-corrected chi connectivity index (χ1v) is 8.50. The van der Waals surface area contributed by atoms with Crippen LogP contribution < -0.4 is 0 Å². The molecule has 3 rings (SSSR count). The molecule has 4 heteroatoms. The van der Waals surface area contributed by atoms with Crippen molar-refractivity contribution in [2.75, 3.05) is 20.3 Å². The summed E-state index contributed by atoms with van der Waals surface area (Å²) in [6.45, 7) is 1.46. The van der Waals surface area contributed by atoms with Crippen molar-refractivity contribution in [1.29, 1.82) is 0 Å². The lowest BCUT2D eigenvalue weighted by atomic mass is 9.89. The van der Waals surface area contributed by atoms with E-state index in [2.05, 4.69) is 0 Å². The Morgan fingerprint density at radius 3 is 2.78 bits per heavy atom. The highest BCUT2D eigenvalue weighted by molar-refractivity contribution is 5.79. The Morgan fingerprint density at radius 1 is 1.26 bits per heavy atom. The van der Waals surface area contributed by atoms with Gasteiger partial charge in [0.15, 0.2) is 0 Å². The first-order valence-electron chi connectivity index (χ1n) is 8.50. The molecule has 0 bridgehead atoms. The highest BCUT2D eigenvalue weighted by atomic mass is 16.5. The lowest BCUT2D eigenvalue weighted by Gasteiger charge is -2.29. The molecule has 0 aliphatic heterocycles. The molecule has 23 heavy (non-hydrogen) atoms. The number of furan rings is 1. The summed E-state index contributed by atoms with van der Waals surface area (Å²) in [6, 6.07) is 9.98. The molecule has 1 heterocycles. The molecule has 1 aliphatic rings. The summed E-state index contributed by atoms with van der Waals surface area (Å²) in [5, 5.41) is 1.08. The zero-order valence-corrected chi connectivity index (χ0v) is 13.8. The van der Waals surface area contributed by atoms with Crippen LogP contribution in [0.5, 0.6) is 0 Å². The van der Waals surface area contributed by atoms with Crippen LogP contribution in [0, 0.1) is 5.92 Å². The third-order valence-electron chi connectivity index (χ3n) is 4.65. The number of rotatable bonds is 6. The fourth-order valence-corrected chi connectivity index (χ4v) is 3.45. The van der Waals surface area contributed by atoms with Gasteiger partial charge in [-0.15, -0.1) is 0 Å². The van der Waals surface area contributed by atoms with E-state index in [0.29, 0.717) is 12.5 Å². The minimum Gasteiger partial charge on any atom is -0.459 e. The van der Waals surface area contributed by atoms with Gasteiger partial charge >= 0.3 is 0 Å². The maximum absolute atomic E-state index is 12.4. The smallest absolute Gasteiger partial charge is 0.248 e. The zero-order chi connectivity index (χ0) is 16.1. The second kappa shape index (κ2) is 7.64. The van der Waals surface area contributed by atoms with Gasteiger partial charge in [-0.05, 0) is 30.9 Å². The van der Waals surface area contributed by atoms with Crippen LogP contribution in [-0.4, -0.2) is 31.1 Å². The number of ether oxygens (including phenoxy) is 1. The van der Waals surface area contributed by atoms with Crippen molar-refractivity contribution in [3.63, 3.8) is 0 Å². The van der Waals surface area contributed by atoms with Gasteiger partial charge in [0.2, 0.25) is 5.91 Å². The van der Waals surface area contributed by atoms with Gasteiger partial charge in [-0.25, -0.2) is 0 Å². The van der Waals surface area contributed by atoms with E-state index in [1.807, 2.05) is 35.2 Å². The zero-order valence-electron chi connectivity index (χ0n) is 13.8. The summed E-state index contributed by atoms with van der Waals surface area (Å²) >= 11 is 0. The molecule has 1 amide bonds. The van der Waals surface area contributed by atoms with Crippen LogP contribution in [0.4, 0.5) is 0 Å². The second-order valence-electron chi connectivity index (χ2n) is 6.46. The Balaban J connectivity index is 1.72. The van der Waals surface area contributed by atoms with Crippen LogP contribution in [-0.2, 0) is 16.1 Å². The minimum absolute atomic E-state index is 0.0403. The number of carbonyl (C=O) groups excluding carboxylic acids is 1. The molecule has 1 aliphatic carbocycles. The number of fused-ring (bicyclic) bond motifs is 1. The average Bonchev–Trinajstić information content (AvgIpc) is 2.98. The van der Waals surface area contributed by atoms with E-state index in [4.69, 9.17) is 9.15 Å². The standard InChI is InChI=1S/C19H25NO3/c1-22-14-19(21)20(12-15-7-3-2-4-8-15)13-17-11-16-9-5-6-10-18(16)23-17/h5-6,9-11,15H,2-4,7-8,12-14H2,1H3. The maximum Gasteiger partial charge on any atom is 0.248 e. The minimum atomic E-state index is 0.0403. The molecule has 0 N–H and O–H groups in total. The largest absolute Gasteiger partial charge is 0.459 e. The van der Waals surface area contributed by atoms with E-state index < -0.39 is 0 Å². The van der Waals surface area contributed by atoms with Gasteiger partial charge in [0.1, 0.15) is 18.0 Å². The molecule has 1 saturated carbocycles. The number of methoxy groups -OCH3 is 1. The Labute approximate surface area is 137 Å². The molecule has 1 aromatic carbocycles. The predicted octanol–water partition coefficient (Wildman–Crippen LogP) is 3.99. The number of carbonyl (C=O) groups is 1. The van der Waals surface area contributed by atoms with E-state index in [1.165, 1.54) is 32.1 Å².